The Morgan fingerprint density at radius 3 is 2.27 bits per heavy atom. The van der Waals surface area contributed by atoms with Gasteiger partial charge in [0, 0.05) is 35.2 Å². The highest BCUT2D eigenvalue weighted by Crippen LogP contribution is 2.35. The molecule has 3 aromatic carbocycles. The van der Waals surface area contributed by atoms with Gasteiger partial charge in [-0.1, -0.05) is 36.4 Å². The first-order chi connectivity index (χ1) is 14.5. The second-order valence-corrected chi connectivity index (χ2v) is 7.73. The van der Waals surface area contributed by atoms with Gasteiger partial charge in [-0.3, -0.25) is 9.59 Å². The number of anilines is 4. The van der Waals surface area contributed by atoms with Crippen LogP contribution in [0, 0.1) is 0 Å². The Labute approximate surface area is 176 Å². The maximum Gasteiger partial charge on any atom is 0.235 e. The van der Waals surface area contributed by atoms with Gasteiger partial charge >= 0.3 is 0 Å². The fourth-order valence-corrected chi connectivity index (χ4v) is 3.87. The highest BCUT2D eigenvalue weighted by atomic mass is 16.2. The van der Waals surface area contributed by atoms with Crippen LogP contribution < -0.4 is 15.5 Å². The fourth-order valence-electron chi connectivity index (χ4n) is 3.87. The molecule has 2 N–H and O–H groups in total. The molecule has 5 nitrogen and oxygen atoms in total. The Bertz CT molecular complexity index is 1050. The predicted molar refractivity (Wildman–Crippen MR) is 121 cm³/mol. The van der Waals surface area contributed by atoms with Crippen molar-refractivity contribution in [1.29, 1.82) is 0 Å². The summed E-state index contributed by atoms with van der Waals surface area (Å²) in [5.74, 6) is -0.672. The molecule has 0 radical (unpaired) electrons. The summed E-state index contributed by atoms with van der Waals surface area (Å²) in [4.78, 5) is 27.5. The molecule has 1 unspecified atom stereocenters. The van der Waals surface area contributed by atoms with Crippen molar-refractivity contribution in [2.24, 2.45) is 0 Å². The Kier molecular flexibility index (Phi) is 5.53. The molecule has 5 heteroatoms. The molecule has 152 valence electrons. The molecule has 1 heterocycles. The van der Waals surface area contributed by atoms with E-state index in [1.54, 1.807) is 4.90 Å². The van der Waals surface area contributed by atoms with E-state index in [0.717, 1.165) is 28.3 Å². The van der Waals surface area contributed by atoms with Gasteiger partial charge in [-0.05, 0) is 61.9 Å². The van der Waals surface area contributed by atoms with E-state index in [4.69, 9.17) is 0 Å². The number of benzene rings is 3. The Morgan fingerprint density at radius 1 is 0.933 bits per heavy atom. The maximum absolute atomic E-state index is 13.6. The molecule has 1 atom stereocenters. The number of para-hydroxylation sites is 2. The van der Waals surface area contributed by atoms with E-state index in [9.17, 15) is 9.59 Å². The van der Waals surface area contributed by atoms with Crippen molar-refractivity contribution in [1.82, 2.24) is 0 Å². The Hall–Kier alpha value is -3.60. The second-order valence-electron chi connectivity index (χ2n) is 7.73. The molecule has 4 rings (SSSR count). The molecule has 0 saturated carbocycles. The van der Waals surface area contributed by atoms with Crippen molar-refractivity contribution in [3.8, 4) is 0 Å². The number of hydrogen-bond donors (Lipinski definition) is 2. The third-order valence-corrected chi connectivity index (χ3v) is 5.26. The molecule has 1 aliphatic heterocycles. The fraction of sp³-hybridized carbons (Fsp3) is 0.200. The molecular formula is C25H25N3O2. The van der Waals surface area contributed by atoms with E-state index in [0.29, 0.717) is 0 Å². The first kappa shape index (κ1) is 19.7. The van der Waals surface area contributed by atoms with Gasteiger partial charge in [0.2, 0.25) is 11.8 Å². The third-order valence-electron chi connectivity index (χ3n) is 5.26. The zero-order valence-electron chi connectivity index (χ0n) is 17.1. The van der Waals surface area contributed by atoms with Gasteiger partial charge < -0.3 is 15.5 Å². The van der Waals surface area contributed by atoms with Crippen molar-refractivity contribution in [2.45, 2.75) is 32.2 Å². The van der Waals surface area contributed by atoms with Crippen LogP contribution in [0.4, 0.5) is 22.7 Å². The number of amides is 2. The average molecular weight is 399 g/mol. The van der Waals surface area contributed by atoms with E-state index in [-0.39, 0.29) is 24.3 Å². The molecule has 0 bridgehead atoms. The van der Waals surface area contributed by atoms with E-state index >= 15 is 0 Å². The maximum atomic E-state index is 13.6. The topological polar surface area (TPSA) is 61.4 Å². The minimum Gasteiger partial charge on any atom is -0.356 e. The van der Waals surface area contributed by atoms with E-state index in [1.165, 1.54) is 0 Å². The molecular weight excluding hydrogens is 374 g/mol. The monoisotopic (exact) mass is 399 g/mol. The lowest BCUT2D eigenvalue weighted by molar-refractivity contribution is -0.124. The number of fused-ring (bicyclic) bond motifs is 1. The quantitative estimate of drug-likeness (QED) is 0.612. The minimum absolute atomic E-state index is 0.0393. The van der Waals surface area contributed by atoms with Crippen LogP contribution in [0.2, 0.25) is 0 Å². The summed E-state index contributed by atoms with van der Waals surface area (Å²) in [6.45, 7) is 3.98. The first-order valence-electron chi connectivity index (χ1n) is 10.2. The average Bonchev–Trinajstić information content (AvgIpc) is 2.75. The van der Waals surface area contributed by atoms with Crippen LogP contribution in [-0.2, 0) is 9.59 Å². The standard InChI is InChI=1S/C25H25N3O2/c1-17(2)28(20-14-12-19(13-15-20)26-18-8-4-3-5-9-18)25(30)22-16-24(29)27-23-11-7-6-10-21(22)23/h3-15,17,22,26H,16H2,1-2H3,(H,27,29). The molecule has 30 heavy (non-hydrogen) atoms. The van der Waals surface area contributed by atoms with E-state index in [2.05, 4.69) is 10.6 Å². The van der Waals surface area contributed by atoms with Gasteiger partial charge in [0.1, 0.15) is 0 Å². The molecule has 0 aliphatic carbocycles. The van der Waals surface area contributed by atoms with Crippen molar-refractivity contribution in [3.05, 3.63) is 84.4 Å². The van der Waals surface area contributed by atoms with Crippen molar-refractivity contribution < 1.29 is 9.59 Å². The van der Waals surface area contributed by atoms with Gasteiger partial charge in [0.15, 0.2) is 0 Å². The lowest BCUT2D eigenvalue weighted by Crippen LogP contribution is -2.42. The lowest BCUT2D eigenvalue weighted by Gasteiger charge is -2.33. The molecule has 0 fully saturated rings. The summed E-state index contributed by atoms with van der Waals surface area (Å²) < 4.78 is 0. The van der Waals surface area contributed by atoms with Crippen LogP contribution in [0.25, 0.3) is 0 Å². The van der Waals surface area contributed by atoms with E-state index < -0.39 is 5.92 Å². The van der Waals surface area contributed by atoms with Gasteiger partial charge in [-0.25, -0.2) is 0 Å². The normalized spacial score (nSPS) is 15.3. The lowest BCUT2D eigenvalue weighted by atomic mass is 9.89. The summed E-state index contributed by atoms with van der Waals surface area (Å²) in [6, 6.07) is 25.3. The van der Waals surface area contributed by atoms with Crippen LogP contribution in [0.3, 0.4) is 0 Å². The summed E-state index contributed by atoms with van der Waals surface area (Å²) in [7, 11) is 0. The van der Waals surface area contributed by atoms with Crippen molar-refractivity contribution >= 4 is 34.6 Å². The largest absolute Gasteiger partial charge is 0.356 e. The van der Waals surface area contributed by atoms with Crippen LogP contribution in [-0.4, -0.2) is 17.9 Å². The highest BCUT2D eigenvalue weighted by molar-refractivity contribution is 6.06. The van der Waals surface area contributed by atoms with Crippen LogP contribution in [0.5, 0.6) is 0 Å². The van der Waals surface area contributed by atoms with Crippen molar-refractivity contribution in [3.63, 3.8) is 0 Å². The first-order valence-corrected chi connectivity index (χ1v) is 10.2. The molecule has 0 saturated heterocycles. The smallest absolute Gasteiger partial charge is 0.235 e. The Balaban J connectivity index is 1.60. The van der Waals surface area contributed by atoms with Gasteiger partial charge in [-0.2, -0.15) is 0 Å². The van der Waals surface area contributed by atoms with Crippen molar-refractivity contribution in [2.75, 3.05) is 15.5 Å². The molecule has 1 aliphatic rings. The number of carbonyl (C=O) groups excluding carboxylic acids is 2. The highest BCUT2D eigenvalue weighted by Gasteiger charge is 2.34. The van der Waals surface area contributed by atoms with Gasteiger partial charge in [0.05, 0.1) is 5.92 Å². The second kappa shape index (κ2) is 8.41. The number of hydrogen-bond acceptors (Lipinski definition) is 3. The number of carbonyl (C=O) groups is 2. The molecule has 3 aromatic rings. The van der Waals surface area contributed by atoms with Crippen LogP contribution in [0.1, 0.15) is 31.7 Å². The van der Waals surface area contributed by atoms with Crippen LogP contribution >= 0.6 is 0 Å². The van der Waals surface area contributed by atoms with Gasteiger partial charge in [0.25, 0.3) is 0 Å². The third kappa shape index (κ3) is 4.06. The number of nitrogens with zero attached hydrogens (tertiary/aromatic N) is 1. The summed E-state index contributed by atoms with van der Waals surface area (Å²) >= 11 is 0. The minimum atomic E-state index is -0.487. The number of rotatable bonds is 5. The zero-order chi connectivity index (χ0) is 21.1. The molecule has 0 aromatic heterocycles. The summed E-state index contributed by atoms with van der Waals surface area (Å²) in [5, 5.41) is 6.22. The number of nitrogens with one attached hydrogen (secondary N) is 2. The Morgan fingerprint density at radius 2 is 1.57 bits per heavy atom. The summed E-state index contributed by atoms with van der Waals surface area (Å²) in [5.41, 5.74) is 4.36. The SMILES string of the molecule is CC(C)N(C(=O)C1CC(=O)Nc2ccccc21)c1ccc(Nc2ccccc2)cc1. The van der Waals surface area contributed by atoms with E-state index in [1.807, 2.05) is 92.7 Å². The van der Waals surface area contributed by atoms with Crippen LogP contribution in [0.15, 0.2) is 78.9 Å². The molecule has 0 spiro atoms. The van der Waals surface area contributed by atoms with Gasteiger partial charge in [-0.15, -0.1) is 0 Å². The zero-order valence-corrected chi connectivity index (χ0v) is 17.1. The molecule has 2 amide bonds. The summed E-state index contributed by atoms with van der Waals surface area (Å²) in [6.07, 6.45) is 0.159. The predicted octanol–water partition coefficient (Wildman–Crippen LogP) is 5.30.